The van der Waals surface area contributed by atoms with Gasteiger partial charge in [0.1, 0.15) is 0 Å². The first-order valence-corrected chi connectivity index (χ1v) is 23.6. The molecule has 0 aromatic heterocycles. The van der Waals surface area contributed by atoms with Crippen LogP contribution in [0.4, 0.5) is 11.4 Å². The molecule has 0 amide bonds. The lowest BCUT2D eigenvalue weighted by Crippen LogP contribution is -2.36. The molecule has 4 aromatic rings. The second-order valence-electron chi connectivity index (χ2n) is 19.1. The maximum Gasteiger partial charge on any atom is 0.0536 e. The van der Waals surface area contributed by atoms with E-state index in [0.717, 1.165) is 19.3 Å². The summed E-state index contributed by atoms with van der Waals surface area (Å²) < 4.78 is 0. The van der Waals surface area contributed by atoms with E-state index in [1.165, 1.54) is 84.8 Å². The molecule has 0 radical (unpaired) electrons. The highest BCUT2D eigenvalue weighted by Crippen LogP contribution is 2.68. The van der Waals surface area contributed by atoms with Crippen LogP contribution < -0.4 is 4.90 Å². The van der Waals surface area contributed by atoms with E-state index in [2.05, 4.69) is 181 Å². The van der Waals surface area contributed by atoms with Crippen molar-refractivity contribution >= 4 is 22.1 Å². The Bertz CT molecular complexity index is 2710. The lowest BCUT2D eigenvalue weighted by Gasteiger charge is -2.42. The van der Waals surface area contributed by atoms with Gasteiger partial charge in [0, 0.05) is 28.6 Å². The number of fused-ring (bicyclic) bond motifs is 10. The Morgan fingerprint density at radius 1 is 0.672 bits per heavy atom. The van der Waals surface area contributed by atoms with E-state index < -0.39 is 0 Å². The van der Waals surface area contributed by atoms with Crippen molar-refractivity contribution in [1.82, 2.24) is 0 Å². The zero-order valence-corrected chi connectivity index (χ0v) is 35.4. The molecule has 0 N–H and O–H groups in total. The molecule has 0 fully saturated rings. The molecule has 8 aliphatic carbocycles. The normalized spacial score (nSPS) is 28.7. The standard InChI is InChI=1S/C60H57N/c1-2-5-19-44(18-4-1)54(49-30-16-22-42-20-8-10-26-47(42)49)38-41-34-36-52-53-37-35-46(61(45-24-6-3-7-25-45)59-33-17-23-43-21-9-11-27-48(43)59)40-58(53)60(57(52)39-41)55-31-14-12-28-50(55)51-29-13-15-32-56(51)60/h1,3-4,6-12,14-17,20-28,30-33,39-40,44,47,49,51,54,56H,2,5,13,18-19,29,34-38H2. The quantitative estimate of drug-likeness (QED) is 0.169. The van der Waals surface area contributed by atoms with Crippen LogP contribution >= 0.6 is 0 Å². The van der Waals surface area contributed by atoms with Crippen molar-refractivity contribution in [3.63, 3.8) is 0 Å². The van der Waals surface area contributed by atoms with Gasteiger partial charge in [0.05, 0.1) is 11.1 Å². The van der Waals surface area contributed by atoms with Gasteiger partial charge in [-0.1, -0.05) is 157 Å². The molecule has 7 unspecified atom stereocenters. The molecular weight excluding hydrogens is 735 g/mol. The van der Waals surface area contributed by atoms with Gasteiger partial charge in [-0.05, 0) is 163 Å². The number of para-hydroxylation sites is 1. The van der Waals surface area contributed by atoms with Crippen LogP contribution in [0.25, 0.3) is 10.8 Å². The highest BCUT2D eigenvalue weighted by Gasteiger charge is 2.59. The zero-order chi connectivity index (χ0) is 40.3. The first-order valence-electron chi connectivity index (χ1n) is 23.6. The van der Waals surface area contributed by atoms with Gasteiger partial charge in [-0.25, -0.2) is 0 Å². The first kappa shape index (κ1) is 37.1. The SMILES string of the molecule is C1=CC2=CC=CC(C(CC3=CC4=C(CC3)C3=C(C=C(N(c5ccccc5)c5cccc6ccccc56)CC3)C43c4ccccc4C4CCC=CC43)C3CC=CCCC3)C2C=C1. The molecule has 7 atom stereocenters. The van der Waals surface area contributed by atoms with Gasteiger partial charge in [-0.15, -0.1) is 0 Å². The third kappa shape index (κ3) is 6.01. The summed E-state index contributed by atoms with van der Waals surface area (Å²) in [4.78, 5) is 2.61. The number of allylic oxidation sites excluding steroid dienone is 20. The summed E-state index contributed by atoms with van der Waals surface area (Å²) in [6.45, 7) is 0. The van der Waals surface area contributed by atoms with Gasteiger partial charge in [-0.3, -0.25) is 0 Å². The molecule has 4 aromatic carbocycles. The topological polar surface area (TPSA) is 3.24 Å². The summed E-state index contributed by atoms with van der Waals surface area (Å²) in [5.41, 5.74) is 16.7. The fourth-order valence-corrected chi connectivity index (χ4v) is 13.6. The van der Waals surface area contributed by atoms with Gasteiger partial charge in [0.15, 0.2) is 0 Å². The van der Waals surface area contributed by atoms with Gasteiger partial charge in [0.2, 0.25) is 0 Å². The molecule has 0 aliphatic heterocycles. The predicted octanol–water partition coefficient (Wildman–Crippen LogP) is 15.6. The van der Waals surface area contributed by atoms with Gasteiger partial charge in [0.25, 0.3) is 0 Å². The van der Waals surface area contributed by atoms with Crippen LogP contribution in [-0.2, 0) is 5.41 Å². The first-order chi connectivity index (χ1) is 30.3. The largest absolute Gasteiger partial charge is 0.314 e. The van der Waals surface area contributed by atoms with Gasteiger partial charge >= 0.3 is 0 Å². The molecule has 1 heteroatoms. The highest BCUT2D eigenvalue weighted by atomic mass is 15.2. The van der Waals surface area contributed by atoms with Crippen LogP contribution in [0.3, 0.4) is 0 Å². The summed E-state index contributed by atoms with van der Waals surface area (Å²) in [5.74, 6) is 3.28. The summed E-state index contributed by atoms with van der Waals surface area (Å²) >= 11 is 0. The molecule has 1 spiro atoms. The van der Waals surface area contributed by atoms with Crippen LogP contribution in [0, 0.1) is 29.6 Å². The molecule has 1 nitrogen and oxygen atoms in total. The van der Waals surface area contributed by atoms with Crippen molar-refractivity contribution < 1.29 is 0 Å². The van der Waals surface area contributed by atoms with Crippen LogP contribution in [-0.4, -0.2) is 0 Å². The maximum atomic E-state index is 2.82. The third-order valence-corrected chi connectivity index (χ3v) is 16.2. The number of anilines is 2. The fourth-order valence-electron chi connectivity index (χ4n) is 13.6. The van der Waals surface area contributed by atoms with E-state index in [1.807, 2.05) is 0 Å². The van der Waals surface area contributed by atoms with E-state index >= 15 is 0 Å². The molecule has 0 saturated carbocycles. The van der Waals surface area contributed by atoms with Crippen LogP contribution in [0.5, 0.6) is 0 Å². The zero-order valence-electron chi connectivity index (χ0n) is 35.4. The number of hydrogen-bond donors (Lipinski definition) is 0. The Kier molecular flexibility index (Phi) is 9.35. The van der Waals surface area contributed by atoms with Crippen molar-refractivity contribution in [2.45, 2.75) is 82.0 Å². The minimum atomic E-state index is -0.181. The Balaban J connectivity index is 1.01. The van der Waals surface area contributed by atoms with Crippen LogP contribution in [0.1, 0.15) is 87.7 Å². The molecule has 0 bridgehead atoms. The highest BCUT2D eigenvalue weighted by molar-refractivity contribution is 5.97. The van der Waals surface area contributed by atoms with Gasteiger partial charge in [-0.2, -0.15) is 0 Å². The van der Waals surface area contributed by atoms with E-state index in [4.69, 9.17) is 0 Å². The van der Waals surface area contributed by atoms with Crippen molar-refractivity contribution in [3.05, 3.63) is 226 Å². The number of rotatable bonds is 7. The lowest BCUT2D eigenvalue weighted by molar-refractivity contribution is 0.219. The van der Waals surface area contributed by atoms with E-state index in [9.17, 15) is 0 Å². The molecule has 61 heavy (non-hydrogen) atoms. The Morgan fingerprint density at radius 2 is 1.51 bits per heavy atom. The fraction of sp³-hybridized carbons (Fsp3) is 0.300. The molecule has 8 aliphatic rings. The summed E-state index contributed by atoms with van der Waals surface area (Å²) in [7, 11) is 0. The molecule has 12 rings (SSSR count). The van der Waals surface area contributed by atoms with E-state index in [-0.39, 0.29) is 5.41 Å². The second kappa shape index (κ2) is 15.4. The molecule has 302 valence electrons. The average molecular weight is 792 g/mol. The van der Waals surface area contributed by atoms with E-state index in [1.54, 1.807) is 39.0 Å². The maximum absolute atomic E-state index is 2.82. The number of benzene rings is 4. The lowest BCUT2D eigenvalue weighted by atomic mass is 9.61. The molecule has 0 saturated heterocycles. The Morgan fingerprint density at radius 3 is 2.46 bits per heavy atom. The monoisotopic (exact) mass is 791 g/mol. The second-order valence-corrected chi connectivity index (χ2v) is 19.1. The summed E-state index contributed by atoms with van der Waals surface area (Å²) in [6, 6.07) is 36.6. The van der Waals surface area contributed by atoms with Crippen molar-refractivity contribution in [3.8, 4) is 0 Å². The van der Waals surface area contributed by atoms with Gasteiger partial charge < -0.3 is 4.90 Å². The third-order valence-electron chi connectivity index (χ3n) is 16.2. The predicted molar refractivity (Wildman–Crippen MR) is 256 cm³/mol. The Labute approximate surface area is 363 Å². The van der Waals surface area contributed by atoms with Crippen molar-refractivity contribution in [1.29, 1.82) is 0 Å². The summed E-state index contributed by atoms with van der Waals surface area (Å²) in [6.07, 6.45) is 45.6. The van der Waals surface area contributed by atoms with Crippen LogP contribution in [0.15, 0.2) is 215 Å². The van der Waals surface area contributed by atoms with E-state index in [0.29, 0.717) is 35.5 Å². The van der Waals surface area contributed by atoms with Crippen molar-refractivity contribution in [2.24, 2.45) is 29.6 Å². The minimum Gasteiger partial charge on any atom is -0.314 e. The number of hydrogen-bond acceptors (Lipinski definition) is 1. The average Bonchev–Trinajstić information content (AvgIpc) is 3.60. The summed E-state index contributed by atoms with van der Waals surface area (Å²) in [5, 5.41) is 2.59. The Hall–Kier alpha value is -5.66. The molecule has 0 heterocycles. The minimum absolute atomic E-state index is 0.181. The van der Waals surface area contributed by atoms with Crippen molar-refractivity contribution in [2.75, 3.05) is 4.90 Å². The van der Waals surface area contributed by atoms with Crippen LogP contribution in [0.2, 0.25) is 0 Å². The smallest absolute Gasteiger partial charge is 0.0536 e. The number of nitrogens with zero attached hydrogens (tertiary/aromatic N) is 1. The molecular formula is C60H57N.